The average Bonchev–Trinajstić information content (AvgIpc) is 2.54. The Kier molecular flexibility index (Phi) is 4.77. The van der Waals surface area contributed by atoms with Gasteiger partial charge in [-0.2, -0.15) is 0 Å². The van der Waals surface area contributed by atoms with E-state index >= 15 is 0 Å². The minimum Gasteiger partial charge on any atom is -0.497 e. The fourth-order valence-corrected chi connectivity index (χ4v) is 2.15. The molecule has 1 N–H and O–H groups in total. The van der Waals surface area contributed by atoms with Crippen LogP contribution in [0.4, 0.5) is 4.79 Å². The number of nitrogens with one attached hydrogen (secondary N) is 1. The summed E-state index contributed by atoms with van der Waals surface area (Å²) in [6.07, 6.45) is 2.08. The maximum Gasteiger partial charge on any atom is 0.340 e. The summed E-state index contributed by atoms with van der Waals surface area (Å²) in [6.45, 7) is 0. The van der Waals surface area contributed by atoms with Gasteiger partial charge in [-0.1, -0.05) is 12.1 Å². The van der Waals surface area contributed by atoms with Gasteiger partial charge in [-0.05, 0) is 29.0 Å². The Morgan fingerprint density at radius 3 is 2.67 bits per heavy atom. The molecule has 0 aromatic heterocycles. The van der Waals surface area contributed by atoms with Crippen LogP contribution in [0.3, 0.4) is 0 Å². The van der Waals surface area contributed by atoms with Crippen molar-refractivity contribution in [2.45, 2.75) is 6.42 Å². The number of carbonyl (C=O) groups excluding carboxylic acids is 1. The lowest BCUT2D eigenvalue weighted by molar-refractivity contribution is 0.251. The van der Waals surface area contributed by atoms with Crippen LogP contribution in [-0.2, 0) is 6.42 Å². The van der Waals surface area contributed by atoms with Crippen molar-refractivity contribution in [3.8, 4) is 11.5 Å². The monoisotopic (exact) mass is 286 g/mol. The predicted molar refractivity (Wildman–Crippen MR) is 83.7 cm³/mol. The van der Waals surface area contributed by atoms with Crippen LogP contribution in [0, 0.1) is 0 Å². The Morgan fingerprint density at radius 2 is 2.00 bits per heavy atom. The minimum absolute atomic E-state index is 0.369. The summed E-state index contributed by atoms with van der Waals surface area (Å²) in [7, 11) is 4.80. The van der Waals surface area contributed by atoms with Crippen molar-refractivity contribution < 1.29 is 14.3 Å². The molecule has 0 saturated carbocycles. The number of urea groups is 1. The minimum atomic E-state index is -0.369. The summed E-state index contributed by atoms with van der Waals surface area (Å²) in [5.74, 6) is 1.54. The number of fused-ring (bicyclic) bond motifs is 1. The maximum absolute atomic E-state index is 11.2. The van der Waals surface area contributed by atoms with Crippen LogP contribution in [0.1, 0.15) is 5.56 Å². The van der Waals surface area contributed by atoms with Gasteiger partial charge in [0.2, 0.25) is 0 Å². The van der Waals surface area contributed by atoms with Gasteiger partial charge >= 0.3 is 6.03 Å². The number of benzene rings is 2. The standard InChI is InChI=1S/C16H18N2O3/c1-17-16(19)18-9-8-13-14-10-12(20-2)6-4-11(14)5-7-15(13)21-3/h4-7,9-10H,8H2,1-3H3,(H,17,19)/b18-9+. The van der Waals surface area contributed by atoms with Gasteiger partial charge < -0.3 is 14.8 Å². The first kappa shape index (κ1) is 14.8. The number of hydrogen-bond donors (Lipinski definition) is 1. The van der Waals surface area contributed by atoms with Gasteiger partial charge in [0.15, 0.2) is 0 Å². The Hall–Kier alpha value is -2.56. The van der Waals surface area contributed by atoms with Crippen LogP contribution in [0.5, 0.6) is 11.5 Å². The first-order valence-corrected chi connectivity index (χ1v) is 6.57. The molecule has 5 nitrogen and oxygen atoms in total. The molecule has 0 aliphatic heterocycles. The van der Waals surface area contributed by atoms with Crippen LogP contribution in [0.15, 0.2) is 35.3 Å². The zero-order valence-corrected chi connectivity index (χ0v) is 12.3. The third-order valence-electron chi connectivity index (χ3n) is 3.24. The molecule has 5 heteroatoms. The van der Waals surface area contributed by atoms with E-state index in [0.29, 0.717) is 6.42 Å². The molecular weight excluding hydrogens is 268 g/mol. The van der Waals surface area contributed by atoms with E-state index in [1.54, 1.807) is 27.5 Å². The van der Waals surface area contributed by atoms with Gasteiger partial charge in [0.05, 0.1) is 14.2 Å². The van der Waals surface area contributed by atoms with Crippen LogP contribution in [0.25, 0.3) is 10.8 Å². The molecule has 0 fully saturated rings. The van der Waals surface area contributed by atoms with Crippen LogP contribution >= 0.6 is 0 Å². The van der Waals surface area contributed by atoms with Crippen molar-refractivity contribution >= 4 is 23.0 Å². The van der Waals surface area contributed by atoms with Crippen molar-refractivity contribution in [3.63, 3.8) is 0 Å². The number of carbonyl (C=O) groups is 1. The highest BCUT2D eigenvalue weighted by atomic mass is 16.5. The van der Waals surface area contributed by atoms with Gasteiger partial charge in [0, 0.05) is 25.2 Å². The lowest BCUT2D eigenvalue weighted by atomic mass is 10.0. The Labute approximate surface area is 123 Å². The number of aliphatic imine (C=N–C) groups is 1. The second-order valence-corrected chi connectivity index (χ2v) is 4.40. The van der Waals surface area contributed by atoms with E-state index in [1.165, 1.54) is 0 Å². The first-order chi connectivity index (χ1) is 10.2. The normalized spacial score (nSPS) is 10.8. The molecule has 110 valence electrons. The molecule has 0 aliphatic carbocycles. The van der Waals surface area contributed by atoms with Crippen molar-refractivity contribution in [2.75, 3.05) is 21.3 Å². The molecule has 0 unspecified atom stereocenters. The number of nitrogens with zero attached hydrogens (tertiary/aromatic N) is 1. The van der Waals surface area contributed by atoms with E-state index in [0.717, 1.165) is 27.8 Å². The van der Waals surface area contributed by atoms with Crippen molar-refractivity contribution in [1.29, 1.82) is 0 Å². The van der Waals surface area contributed by atoms with Gasteiger partial charge in [-0.15, -0.1) is 0 Å². The summed E-state index contributed by atoms with van der Waals surface area (Å²) in [4.78, 5) is 15.0. The lowest BCUT2D eigenvalue weighted by Crippen LogP contribution is -2.12. The van der Waals surface area contributed by atoms with Crippen molar-refractivity contribution in [3.05, 3.63) is 35.9 Å². The summed E-state index contributed by atoms with van der Waals surface area (Å²) in [5.41, 5.74) is 0.974. The highest BCUT2D eigenvalue weighted by Gasteiger charge is 2.08. The molecular formula is C16H18N2O3. The molecule has 0 aliphatic rings. The Morgan fingerprint density at radius 1 is 1.24 bits per heavy atom. The Balaban J connectivity index is 2.46. The second-order valence-electron chi connectivity index (χ2n) is 4.40. The van der Waals surface area contributed by atoms with E-state index in [2.05, 4.69) is 10.3 Å². The van der Waals surface area contributed by atoms with Crippen LogP contribution in [-0.4, -0.2) is 33.5 Å². The van der Waals surface area contributed by atoms with E-state index in [9.17, 15) is 4.79 Å². The smallest absolute Gasteiger partial charge is 0.340 e. The predicted octanol–water partition coefficient (Wildman–Crippen LogP) is 2.81. The van der Waals surface area contributed by atoms with Crippen molar-refractivity contribution in [2.24, 2.45) is 4.99 Å². The molecule has 2 rings (SSSR count). The highest BCUT2D eigenvalue weighted by molar-refractivity contribution is 5.92. The number of amides is 2. The number of methoxy groups -OCH3 is 2. The quantitative estimate of drug-likeness (QED) is 0.879. The number of hydrogen-bond acceptors (Lipinski definition) is 3. The lowest BCUT2D eigenvalue weighted by Gasteiger charge is -2.11. The van der Waals surface area contributed by atoms with Gasteiger partial charge in [0.25, 0.3) is 0 Å². The van der Waals surface area contributed by atoms with E-state index in [1.807, 2.05) is 30.3 Å². The first-order valence-electron chi connectivity index (χ1n) is 6.57. The molecule has 0 atom stereocenters. The summed E-state index contributed by atoms with van der Waals surface area (Å²) < 4.78 is 10.7. The van der Waals surface area contributed by atoms with Crippen LogP contribution in [0.2, 0.25) is 0 Å². The largest absolute Gasteiger partial charge is 0.497 e. The summed E-state index contributed by atoms with van der Waals surface area (Å²) in [6, 6.07) is 9.41. The van der Waals surface area contributed by atoms with E-state index < -0.39 is 0 Å². The fourth-order valence-electron chi connectivity index (χ4n) is 2.15. The molecule has 2 aromatic carbocycles. The molecule has 0 radical (unpaired) electrons. The average molecular weight is 286 g/mol. The third-order valence-corrected chi connectivity index (χ3v) is 3.24. The summed E-state index contributed by atoms with van der Waals surface area (Å²) >= 11 is 0. The second kappa shape index (κ2) is 6.74. The molecule has 2 aromatic rings. The molecule has 0 bridgehead atoms. The van der Waals surface area contributed by atoms with Crippen LogP contribution < -0.4 is 14.8 Å². The highest BCUT2D eigenvalue weighted by Crippen LogP contribution is 2.30. The zero-order valence-electron chi connectivity index (χ0n) is 12.3. The number of rotatable bonds is 4. The molecule has 0 saturated heterocycles. The maximum atomic E-state index is 11.2. The molecule has 21 heavy (non-hydrogen) atoms. The van der Waals surface area contributed by atoms with Gasteiger partial charge in [-0.3, -0.25) is 0 Å². The fraction of sp³-hybridized carbons (Fsp3) is 0.250. The SMILES string of the molecule is CNC(=O)/N=C/Cc1c(OC)ccc2ccc(OC)cc12. The molecule has 2 amide bonds. The van der Waals surface area contributed by atoms with Gasteiger partial charge in [0.1, 0.15) is 11.5 Å². The van der Waals surface area contributed by atoms with Gasteiger partial charge in [-0.25, -0.2) is 9.79 Å². The van der Waals surface area contributed by atoms with E-state index in [4.69, 9.17) is 9.47 Å². The van der Waals surface area contributed by atoms with Crippen molar-refractivity contribution in [1.82, 2.24) is 5.32 Å². The van der Waals surface area contributed by atoms with E-state index in [-0.39, 0.29) is 6.03 Å². The third kappa shape index (κ3) is 3.31. The number of ether oxygens (including phenoxy) is 2. The summed E-state index contributed by atoms with van der Waals surface area (Å²) in [5, 5.41) is 4.56. The molecule has 0 spiro atoms. The topological polar surface area (TPSA) is 59.9 Å². The zero-order chi connectivity index (χ0) is 15.2. The molecule has 0 heterocycles. The Bertz CT molecular complexity index is 675.